The fourth-order valence-corrected chi connectivity index (χ4v) is 3.99. The van der Waals surface area contributed by atoms with Crippen LogP contribution in [0.1, 0.15) is 12.5 Å². The highest BCUT2D eigenvalue weighted by molar-refractivity contribution is 7.98. The summed E-state index contributed by atoms with van der Waals surface area (Å²) in [6.45, 7) is 1.79. The van der Waals surface area contributed by atoms with E-state index in [0.717, 1.165) is 0 Å². The van der Waals surface area contributed by atoms with Crippen molar-refractivity contribution in [2.75, 3.05) is 0 Å². The van der Waals surface area contributed by atoms with Gasteiger partial charge in [-0.15, -0.1) is 11.3 Å². The van der Waals surface area contributed by atoms with Crippen molar-refractivity contribution >= 4 is 33.3 Å². The molecule has 1 aromatic carbocycles. The Balaban J connectivity index is 1.98. The summed E-state index contributed by atoms with van der Waals surface area (Å²) in [6, 6.07) is 8.33. The molecule has 0 unspecified atom stereocenters. The summed E-state index contributed by atoms with van der Waals surface area (Å²) in [7, 11) is 0. The molecule has 1 atom stereocenters. The molecule has 3 aromatic rings. The minimum Gasteiger partial charge on any atom is -0.392 e. The Morgan fingerprint density at radius 1 is 1.39 bits per heavy atom. The Bertz CT molecular complexity index is 889. The largest absolute Gasteiger partial charge is 0.392 e. The number of nitrogens with zero attached hydrogens (tertiary/aromatic N) is 2. The van der Waals surface area contributed by atoms with Crippen LogP contribution in [0.5, 0.6) is 0 Å². The minimum atomic E-state index is -0.667. The predicted molar refractivity (Wildman–Crippen MR) is 91.5 cm³/mol. The molecule has 0 aliphatic carbocycles. The normalized spacial score (nSPS) is 12.7. The van der Waals surface area contributed by atoms with Gasteiger partial charge in [0.15, 0.2) is 5.16 Å². The number of aromatic nitrogens is 2. The van der Waals surface area contributed by atoms with Gasteiger partial charge in [0.1, 0.15) is 10.5 Å². The van der Waals surface area contributed by atoms with Gasteiger partial charge in [0, 0.05) is 5.75 Å². The number of thioether (sulfide) groups is 1. The topological polar surface area (TPSA) is 55.1 Å². The molecule has 0 radical (unpaired) electrons. The van der Waals surface area contributed by atoms with E-state index in [1.165, 1.54) is 33.7 Å². The third-order valence-electron chi connectivity index (χ3n) is 3.29. The molecule has 0 fully saturated rings. The van der Waals surface area contributed by atoms with Crippen molar-refractivity contribution in [1.82, 2.24) is 9.55 Å². The molecule has 120 valence electrons. The molecule has 1 N–H and O–H groups in total. The van der Waals surface area contributed by atoms with Gasteiger partial charge >= 0.3 is 0 Å². The molecule has 7 heteroatoms. The maximum Gasteiger partial charge on any atom is 0.272 e. The second-order valence-electron chi connectivity index (χ2n) is 5.17. The average molecular weight is 350 g/mol. The van der Waals surface area contributed by atoms with E-state index in [-0.39, 0.29) is 17.9 Å². The molecule has 0 saturated carbocycles. The van der Waals surface area contributed by atoms with Crippen LogP contribution in [0.2, 0.25) is 0 Å². The first-order chi connectivity index (χ1) is 11.1. The van der Waals surface area contributed by atoms with Crippen molar-refractivity contribution in [3.8, 4) is 0 Å². The Morgan fingerprint density at radius 3 is 2.91 bits per heavy atom. The van der Waals surface area contributed by atoms with Gasteiger partial charge in [0.25, 0.3) is 5.56 Å². The lowest BCUT2D eigenvalue weighted by atomic mass is 10.2. The summed E-state index contributed by atoms with van der Waals surface area (Å²) in [4.78, 5) is 17.1. The highest BCUT2D eigenvalue weighted by Gasteiger charge is 2.14. The van der Waals surface area contributed by atoms with Gasteiger partial charge in [0.2, 0.25) is 0 Å². The van der Waals surface area contributed by atoms with Gasteiger partial charge in [-0.25, -0.2) is 9.37 Å². The SMILES string of the molecule is C[C@@H](O)Cn1c(SCc2ccccc2F)nc2ccsc2c1=O. The van der Waals surface area contributed by atoms with E-state index < -0.39 is 6.10 Å². The molecule has 0 aliphatic heterocycles. The van der Waals surface area contributed by atoms with Crippen molar-refractivity contribution < 1.29 is 9.50 Å². The van der Waals surface area contributed by atoms with Crippen LogP contribution in [0.25, 0.3) is 10.2 Å². The zero-order valence-corrected chi connectivity index (χ0v) is 14.0. The quantitative estimate of drug-likeness (QED) is 0.567. The number of aliphatic hydroxyl groups excluding tert-OH is 1. The summed E-state index contributed by atoms with van der Waals surface area (Å²) in [6.07, 6.45) is -0.667. The Morgan fingerprint density at radius 2 is 2.17 bits per heavy atom. The summed E-state index contributed by atoms with van der Waals surface area (Å²) in [5.41, 5.74) is 1.03. The molecule has 0 aliphatic rings. The third kappa shape index (κ3) is 3.46. The number of rotatable bonds is 5. The van der Waals surface area contributed by atoms with Crippen molar-refractivity contribution in [2.45, 2.75) is 30.5 Å². The number of benzene rings is 1. The molecule has 0 spiro atoms. The van der Waals surface area contributed by atoms with Crippen LogP contribution in [0, 0.1) is 5.82 Å². The van der Waals surface area contributed by atoms with Crippen LogP contribution >= 0.6 is 23.1 Å². The van der Waals surface area contributed by atoms with Gasteiger partial charge in [-0.2, -0.15) is 0 Å². The van der Waals surface area contributed by atoms with E-state index in [9.17, 15) is 14.3 Å². The van der Waals surface area contributed by atoms with Crippen molar-refractivity contribution in [3.05, 3.63) is 57.4 Å². The van der Waals surface area contributed by atoms with E-state index >= 15 is 0 Å². The molecular formula is C16H15FN2O2S2. The van der Waals surface area contributed by atoms with E-state index in [1.807, 2.05) is 5.38 Å². The number of hydrogen-bond donors (Lipinski definition) is 1. The number of fused-ring (bicyclic) bond motifs is 1. The van der Waals surface area contributed by atoms with E-state index in [1.54, 1.807) is 31.2 Å². The minimum absolute atomic E-state index is 0.165. The summed E-state index contributed by atoms with van der Waals surface area (Å²) in [5.74, 6) is 0.0928. The zero-order chi connectivity index (χ0) is 16.4. The van der Waals surface area contributed by atoms with Crippen molar-refractivity contribution in [1.29, 1.82) is 0 Å². The highest BCUT2D eigenvalue weighted by Crippen LogP contribution is 2.25. The fraction of sp³-hybridized carbons (Fsp3) is 0.250. The third-order valence-corrected chi connectivity index (χ3v) is 5.21. The standard InChI is InChI=1S/C16H15FN2O2S2/c1-10(20)8-19-15(21)14-13(6-7-22-14)18-16(19)23-9-11-4-2-3-5-12(11)17/h2-7,10,20H,8-9H2,1H3/t10-/m1/s1. The Kier molecular flexibility index (Phi) is 4.79. The molecule has 0 bridgehead atoms. The van der Waals surface area contributed by atoms with Crippen LogP contribution in [0.15, 0.2) is 45.7 Å². The average Bonchev–Trinajstić information content (AvgIpc) is 2.98. The number of halogens is 1. The maximum atomic E-state index is 13.7. The molecule has 2 heterocycles. The van der Waals surface area contributed by atoms with Crippen molar-refractivity contribution in [2.24, 2.45) is 0 Å². The second-order valence-corrected chi connectivity index (χ2v) is 7.03. The number of hydrogen-bond acceptors (Lipinski definition) is 5. The monoisotopic (exact) mass is 350 g/mol. The summed E-state index contributed by atoms with van der Waals surface area (Å²) in [5, 5.41) is 12.0. The van der Waals surface area contributed by atoms with Gasteiger partial charge < -0.3 is 5.11 Å². The van der Waals surface area contributed by atoms with E-state index in [2.05, 4.69) is 4.98 Å². The van der Waals surface area contributed by atoms with E-state index in [0.29, 0.717) is 26.7 Å². The van der Waals surface area contributed by atoms with Gasteiger partial charge in [-0.1, -0.05) is 30.0 Å². The first-order valence-electron chi connectivity index (χ1n) is 7.08. The zero-order valence-electron chi connectivity index (χ0n) is 12.4. The lowest BCUT2D eigenvalue weighted by Crippen LogP contribution is -2.27. The number of thiophene rings is 1. The first-order valence-corrected chi connectivity index (χ1v) is 8.95. The Labute approximate surface area is 140 Å². The van der Waals surface area contributed by atoms with Crippen LogP contribution in [0.4, 0.5) is 4.39 Å². The molecule has 2 aromatic heterocycles. The molecule has 3 rings (SSSR count). The van der Waals surface area contributed by atoms with Gasteiger partial charge in [-0.05, 0) is 30.0 Å². The fourth-order valence-electron chi connectivity index (χ4n) is 2.22. The van der Waals surface area contributed by atoms with E-state index in [4.69, 9.17) is 0 Å². The highest BCUT2D eigenvalue weighted by atomic mass is 32.2. The summed E-state index contributed by atoms with van der Waals surface area (Å²) >= 11 is 2.63. The van der Waals surface area contributed by atoms with Crippen LogP contribution < -0.4 is 5.56 Å². The summed E-state index contributed by atoms with van der Waals surface area (Å²) < 4.78 is 15.8. The van der Waals surface area contributed by atoms with Crippen molar-refractivity contribution in [3.63, 3.8) is 0 Å². The van der Waals surface area contributed by atoms with Crippen LogP contribution in [-0.4, -0.2) is 20.8 Å². The molecule has 0 amide bonds. The van der Waals surface area contributed by atoms with Crippen LogP contribution in [-0.2, 0) is 12.3 Å². The lowest BCUT2D eigenvalue weighted by molar-refractivity contribution is 0.168. The molecule has 4 nitrogen and oxygen atoms in total. The number of aliphatic hydroxyl groups is 1. The molecular weight excluding hydrogens is 335 g/mol. The second kappa shape index (κ2) is 6.82. The van der Waals surface area contributed by atoms with Gasteiger partial charge in [0.05, 0.1) is 18.2 Å². The smallest absolute Gasteiger partial charge is 0.272 e. The van der Waals surface area contributed by atoms with Crippen LogP contribution in [0.3, 0.4) is 0 Å². The van der Waals surface area contributed by atoms with Gasteiger partial charge in [-0.3, -0.25) is 9.36 Å². The Hall–Kier alpha value is -1.70. The molecule has 23 heavy (non-hydrogen) atoms. The molecule has 0 saturated heterocycles. The maximum absolute atomic E-state index is 13.7. The predicted octanol–water partition coefficient (Wildman–Crippen LogP) is 3.27. The lowest BCUT2D eigenvalue weighted by Gasteiger charge is -2.13. The first kappa shape index (κ1) is 16.2.